The number of halogens is 1. The Hall–Kier alpha value is -2.33. The molecule has 0 saturated carbocycles. The second-order valence-electron chi connectivity index (χ2n) is 5.61. The molecule has 2 amide bonds. The maximum absolute atomic E-state index is 12.3. The Morgan fingerprint density at radius 3 is 2.52 bits per heavy atom. The standard InChI is InChI=1S/C18H17ClN2O2/c1-12-11-14(19)6-9-16(12)20-18(23)13-4-7-15(8-5-13)21-10-2-3-17(21)22/h4-9,11H,2-3,10H2,1H3,(H,20,23). The van der Waals surface area contributed by atoms with Crippen LogP contribution in [0.1, 0.15) is 28.8 Å². The van der Waals surface area contributed by atoms with Gasteiger partial charge < -0.3 is 10.2 Å². The van der Waals surface area contributed by atoms with E-state index in [1.54, 1.807) is 35.2 Å². The minimum atomic E-state index is -0.185. The van der Waals surface area contributed by atoms with Crippen molar-refractivity contribution < 1.29 is 9.59 Å². The highest BCUT2D eigenvalue weighted by Gasteiger charge is 2.21. The number of hydrogen-bond donors (Lipinski definition) is 1. The van der Waals surface area contributed by atoms with Crippen molar-refractivity contribution >= 4 is 34.8 Å². The number of carbonyl (C=O) groups excluding carboxylic acids is 2. The third-order valence-electron chi connectivity index (χ3n) is 3.95. The number of aryl methyl sites for hydroxylation is 1. The summed E-state index contributed by atoms with van der Waals surface area (Å²) in [6.07, 6.45) is 1.48. The molecule has 4 nitrogen and oxygen atoms in total. The Morgan fingerprint density at radius 2 is 1.91 bits per heavy atom. The molecule has 23 heavy (non-hydrogen) atoms. The Bertz CT molecular complexity index is 756. The molecule has 1 aliphatic rings. The van der Waals surface area contributed by atoms with Crippen molar-refractivity contribution in [2.45, 2.75) is 19.8 Å². The van der Waals surface area contributed by atoms with E-state index >= 15 is 0 Å². The van der Waals surface area contributed by atoms with Crippen molar-refractivity contribution in [3.63, 3.8) is 0 Å². The largest absolute Gasteiger partial charge is 0.322 e. The normalized spacial score (nSPS) is 14.2. The van der Waals surface area contributed by atoms with Crippen LogP contribution in [-0.4, -0.2) is 18.4 Å². The number of amides is 2. The van der Waals surface area contributed by atoms with E-state index in [0.29, 0.717) is 17.0 Å². The van der Waals surface area contributed by atoms with Crippen LogP contribution in [0.4, 0.5) is 11.4 Å². The van der Waals surface area contributed by atoms with Gasteiger partial charge in [0.2, 0.25) is 5.91 Å². The van der Waals surface area contributed by atoms with Crippen LogP contribution < -0.4 is 10.2 Å². The zero-order valence-electron chi connectivity index (χ0n) is 12.8. The van der Waals surface area contributed by atoms with Crippen molar-refractivity contribution in [2.75, 3.05) is 16.8 Å². The van der Waals surface area contributed by atoms with E-state index in [-0.39, 0.29) is 11.8 Å². The fourth-order valence-electron chi connectivity index (χ4n) is 2.68. The van der Waals surface area contributed by atoms with Crippen LogP contribution in [0, 0.1) is 6.92 Å². The number of hydrogen-bond acceptors (Lipinski definition) is 2. The van der Waals surface area contributed by atoms with Crippen molar-refractivity contribution in [3.05, 3.63) is 58.6 Å². The zero-order valence-corrected chi connectivity index (χ0v) is 13.6. The molecule has 0 atom stereocenters. The number of rotatable bonds is 3. The van der Waals surface area contributed by atoms with Gasteiger partial charge in [-0.25, -0.2) is 0 Å². The molecule has 0 spiro atoms. The summed E-state index contributed by atoms with van der Waals surface area (Å²) < 4.78 is 0. The van der Waals surface area contributed by atoms with Gasteiger partial charge in [-0.2, -0.15) is 0 Å². The fourth-order valence-corrected chi connectivity index (χ4v) is 2.90. The van der Waals surface area contributed by atoms with Gasteiger partial charge in [0, 0.05) is 34.9 Å². The lowest BCUT2D eigenvalue weighted by Crippen LogP contribution is -2.23. The highest BCUT2D eigenvalue weighted by Crippen LogP contribution is 2.23. The van der Waals surface area contributed by atoms with E-state index in [1.165, 1.54) is 0 Å². The van der Waals surface area contributed by atoms with Crippen molar-refractivity contribution in [2.24, 2.45) is 0 Å². The summed E-state index contributed by atoms with van der Waals surface area (Å²) in [5.74, 6) is -0.0475. The maximum atomic E-state index is 12.3. The summed E-state index contributed by atoms with van der Waals surface area (Å²) in [5.41, 5.74) is 3.03. The smallest absolute Gasteiger partial charge is 0.255 e. The Balaban J connectivity index is 1.74. The van der Waals surface area contributed by atoms with Crippen LogP contribution in [0.2, 0.25) is 5.02 Å². The molecular formula is C18H17ClN2O2. The first-order valence-corrected chi connectivity index (χ1v) is 7.90. The molecule has 0 aliphatic carbocycles. The molecule has 118 valence electrons. The first-order valence-electron chi connectivity index (χ1n) is 7.52. The van der Waals surface area contributed by atoms with Gasteiger partial charge in [-0.1, -0.05) is 11.6 Å². The number of anilines is 2. The molecule has 2 aromatic carbocycles. The molecule has 1 N–H and O–H groups in total. The molecule has 2 aromatic rings. The highest BCUT2D eigenvalue weighted by molar-refractivity contribution is 6.30. The zero-order chi connectivity index (χ0) is 16.4. The van der Waals surface area contributed by atoms with Gasteiger partial charge in [-0.15, -0.1) is 0 Å². The molecule has 0 aromatic heterocycles. The van der Waals surface area contributed by atoms with Crippen LogP contribution in [0.25, 0.3) is 0 Å². The van der Waals surface area contributed by atoms with Crippen LogP contribution >= 0.6 is 11.6 Å². The van der Waals surface area contributed by atoms with Gasteiger partial charge in [-0.3, -0.25) is 9.59 Å². The monoisotopic (exact) mass is 328 g/mol. The first-order chi connectivity index (χ1) is 11.0. The molecule has 5 heteroatoms. The van der Waals surface area contributed by atoms with Crippen molar-refractivity contribution in [1.82, 2.24) is 0 Å². The number of nitrogens with one attached hydrogen (secondary N) is 1. The predicted molar refractivity (Wildman–Crippen MR) is 92.2 cm³/mol. The quantitative estimate of drug-likeness (QED) is 0.924. The third kappa shape index (κ3) is 3.37. The molecular weight excluding hydrogens is 312 g/mol. The van der Waals surface area contributed by atoms with Crippen LogP contribution in [0.5, 0.6) is 0 Å². The van der Waals surface area contributed by atoms with Crippen LogP contribution in [-0.2, 0) is 4.79 Å². The molecule has 1 aliphatic heterocycles. The molecule has 3 rings (SSSR count). The molecule has 0 bridgehead atoms. The summed E-state index contributed by atoms with van der Waals surface area (Å²) in [4.78, 5) is 25.8. The topological polar surface area (TPSA) is 49.4 Å². The minimum Gasteiger partial charge on any atom is -0.322 e. The summed E-state index contributed by atoms with van der Waals surface area (Å²) in [7, 11) is 0. The van der Waals surface area contributed by atoms with Gasteiger partial charge in [-0.05, 0) is 61.4 Å². The van der Waals surface area contributed by atoms with Gasteiger partial charge >= 0.3 is 0 Å². The molecule has 1 fully saturated rings. The second kappa shape index (κ2) is 6.42. The molecule has 0 unspecified atom stereocenters. The summed E-state index contributed by atoms with van der Waals surface area (Å²) in [5, 5.41) is 3.51. The maximum Gasteiger partial charge on any atom is 0.255 e. The minimum absolute atomic E-state index is 0.138. The lowest BCUT2D eigenvalue weighted by Gasteiger charge is -2.16. The first kappa shape index (κ1) is 15.6. The van der Waals surface area contributed by atoms with E-state index in [4.69, 9.17) is 11.6 Å². The Kier molecular flexibility index (Phi) is 4.35. The van der Waals surface area contributed by atoms with Gasteiger partial charge in [0.15, 0.2) is 0 Å². The summed E-state index contributed by atoms with van der Waals surface area (Å²) in [6.45, 7) is 2.64. The van der Waals surface area contributed by atoms with Crippen molar-refractivity contribution in [3.8, 4) is 0 Å². The third-order valence-corrected chi connectivity index (χ3v) is 4.19. The average Bonchev–Trinajstić information content (AvgIpc) is 2.96. The van der Waals surface area contributed by atoms with Crippen LogP contribution in [0.3, 0.4) is 0 Å². The summed E-state index contributed by atoms with van der Waals surface area (Å²) in [6, 6.07) is 12.4. The molecule has 0 radical (unpaired) electrons. The van der Waals surface area contributed by atoms with E-state index in [9.17, 15) is 9.59 Å². The van der Waals surface area contributed by atoms with Gasteiger partial charge in [0.25, 0.3) is 5.91 Å². The van der Waals surface area contributed by atoms with E-state index in [0.717, 1.165) is 29.9 Å². The Morgan fingerprint density at radius 1 is 1.17 bits per heavy atom. The summed E-state index contributed by atoms with van der Waals surface area (Å²) >= 11 is 5.92. The highest BCUT2D eigenvalue weighted by atomic mass is 35.5. The molecule has 1 saturated heterocycles. The lowest BCUT2D eigenvalue weighted by molar-refractivity contribution is -0.117. The van der Waals surface area contributed by atoms with E-state index in [1.807, 2.05) is 19.1 Å². The number of carbonyl (C=O) groups is 2. The number of benzene rings is 2. The van der Waals surface area contributed by atoms with E-state index in [2.05, 4.69) is 5.32 Å². The number of nitrogens with zero attached hydrogens (tertiary/aromatic N) is 1. The SMILES string of the molecule is Cc1cc(Cl)ccc1NC(=O)c1ccc(N2CCCC2=O)cc1. The van der Waals surface area contributed by atoms with E-state index < -0.39 is 0 Å². The fraction of sp³-hybridized carbons (Fsp3) is 0.222. The molecule has 1 heterocycles. The Labute approximate surface area is 140 Å². The van der Waals surface area contributed by atoms with Crippen LogP contribution in [0.15, 0.2) is 42.5 Å². The van der Waals surface area contributed by atoms with Crippen molar-refractivity contribution in [1.29, 1.82) is 0 Å². The lowest BCUT2D eigenvalue weighted by atomic mass is 10.1. The van der Waals surface area contributed by atoms with Gasteiger partial charge in [0.05, 0.1) is 0 Å². The van der Waals surface area contributed by atoms with Gasteiger partial charge in [0.1, 0.15) is 0 Å². The second-order valence-corrected chi connectivity index (χ2v) is 6.05. The average molecular weight is 329 g/mol. The predicted octanol–water partition coefficient (Wildman–Crippen LogP) is 4.03.